The average Bonchev–Trinajstić information content (AvgIpc) is 2.97. The van der Waals surface area contributed by atoms with Gasteiger partial charge in [0.1, 0.15) is 5.69 Å². The number of aromatic amines is 1. The van der Waals surface area contributed by atoms with Gasteiger partial charge in [-0.05, 0) is 12.1 Å². The molecule has 0 spiro atoms. The van der Waals surface area contributed by atoms with Crippen molar-refractivity contribution < 1.29 is 4.79 Å². The minimum absolute atomic E-state index is 0.211. The lowest BCUT2D eigenvalue weighted by atomic mass is 10.1. The molecule has 2 N–H and O–H groups in total. The van der Waals surface area contributed by atoms with Crippen molar-refractivity contribution in [3.63, 3.8) is 0 Å². The second kappa shape index (κ2) is 5.36. The molecule has 0 radical (unpaired) electrons. The number of nitrogens with zero attached hydrogens (tertiary/aromatic N) is 2. The number of carbonyl (C=O) groups is 1. The fourth-order valence-corrected chi connectivity index (χ4v) is 1.88. The second-order valence-electron chi connectivity index (χ2n) is 4.21. The molecule has 5 heteroatoms. The summed E-state index contributed by atoms with van der Waals surface area (Å²) in [5.74, 6) is 0.210. The van der Waals surface area contributed by atoms with E-state index in [0.29, 0.717) is 17.1 Å². The molecule has 1 aromatic heterocycles. The molecule has 98 valence electrons. The summed E-state index contributed by atoms with van der Waals surface area (Å²) in [6, 6.07) is 18.6. The van der Waals surface area contributed by atoms with E-state index in [4.69, 9.17) is 0 Å². The van der Waals surface area contributed by atoms with Gasteiger partial charge in [-0.25, -0.2) is 0 Å². The van der Waals surface area contributed by atoms with E-state index in [2.05, 4.69) is 20.7 Å². The smallest absolute Gasteiger partial charge is 0.256 e. The first-order valence-electron chi connectivity index (χ1n) is 6.17. The predicted octanol–water partition coefficient (Wildman–Crippen LogP) is 2.72. The number of hydrogen-bond donors (Lipinski definition) is 2. The third-order valence-corrected chi connectivity index (χ3v) is 2.86. The van der Waals surface area contributed by atoms with Crippen molar-refractivity contribution in [2.45, 2.75) is 0 Å². The number of aromatic nitrogens is 3. The van der Waals surface area contributed by atoms with Gasteiger partial charge < -0.3 is 5.32 Å². The Morgan fingerprint density at radius 2 is 1.55 bits per heavy atom. The van der Waals surface area contributed by atoms with Crippen LogP contribution < -0.4 is 5.32 Å². The van der Waals surface area contributed by atoms with E-state index in [1.165, 1.54) is 0 Å². The van der Waals surface area contributed by atoms with Crippen molar-refractivity contribution in [3.8, 4) is 11.3 Å². The van der Waals surface area contributed by atoms with Gasteiger partial charge >= 0.3 is 0 Å². The zero-order valence-corrected chi connectivity index (χ0v) is 10.6. The molecular weight excluding hydrogens is 252 g/mol. The second-order valence-corrected chi connectivity index (χ2v) is 4.21. The zero-order valence-electron chi connectivity index (χ0n) is 10.6. The van der Waals surface area contributed by atoms with Crippen LogP contribution in [0.2, 0.25) is 0 Å². The summed E-state index contributed by atoms with van der Waals surface area (Å²) in [4.78, 5) is 12.1. The van der Waals surface area contributed by atoms with Gasteiger partial charge in [-0.2, -0.15) is 10.3 Å². The molecule has 0 unspecified atom stereocenters. The highest BCUT2D eigenvalue weighted by Gasteiger charge is 2.13. The lowest BCUT2D eigenvalue weighted by Crippen LogP contribution is -2.12. The number of carbonyl (C=O) groups excluding carboxylic acids is 1. The van der Waals surface area contributed by atoms with Gasteiger partial charge in [-0.15, -0.1) is 5.10 Å². The maximum Gasteiger partial charge on any atom is 0.256 e. The minimum atomic E-state index is -0.211. The predicted molar refractivity (Wildman–Crippen MR) is 76.2 cm³/mol. The summed E-state index contributed by atoms with van der Waals surface area (Å²) >= 11 is 0. The van der Waals surface area contributed by atoms with Crippen molar-refractivity contribution in [2.75, 3.05) is 5.32 Å². The van der Waals surface area contributed by atoms with E-state index in [0.717, 1.165) is 5.56 Å². The number of H-pyrrole nitrogens is 1. The summed E-state index contributed by atoms with van der Waals surface area (Å²) in [7, 11) is 0. The highest BCUT2D eigenvalue weighted by Crippen LogP contribution is 2.23. The Balaban J connectivity index is 1.86. The van der Waals surface area contributed by atoms with Crippen LogP contribution in [0.1, 0.15) is 10.4 Å². The lowest BCUT2D eigenvalue weighted by molar-refractivity contribution is 0.102. The normalized spacial score (nSPS) is 10.2. The van der Waals surface area contributed by atoms with Gasteiger partial charge in [-0.3, -0.25) is 4.79 Å². The number of benzene rings is 2. The largest absolute Gasteiger partial charge is 0.303 e. The molecule has 0 aliphatic carbocycles. The zero-order chi connectivity index (χ0) is 13.8. The lowest BCUT2D eigenvalue weighted by Gasteiger charge is -2.03. The van der Waals surface area contributed by atoms with E-state index in [-0.39, 0.29) is 5.91 Å². The van der Waals surface area contributed by atoms with Crippen LogP contribution in [-0.4, -0.2) is 21.3 Å². The fraction of sp³-hybridized carbons (Fsp3) is 0. The average molecular weight is 264 g/mol. The van der Waals surface area contributed by atoms with E-state index in [9.17, 15) is 4.79 Å². The number of hydrogen-bond acceptors (Lipinski definition) is 3. The van der Waals surface area contributed by atoms with E-state index in [1.807, 2.05) is 48.5 Å². The Morgan fingerprint density at radius 3 is 2.25 bits per heavy atom. The Morgan fingerprint density at radius 1 is 0.900 bits per heavy atom. The van der Waals surface area contributed by atoms with E-state index in [1.54, 1.807) is 12.1 Å². The molecule has 1 amide bonds. The first-order valence-corrected chi connectivity index (χ1v) is 6.17. The van der Waals surface area contributed by atoms with Crippen LogP contribution in [0, 0.1) is 0 Å². The number of amides is 1. The third-order valence-electron chi connectivity index (χ3n) is 2.86. The molecule has 5 nitrogen and oxygen atoms in total. The van der Waals surface area contributed by atoms with Gasteiger partial charge in [-0.1, -0.05) is 48.5 Å². The molecule has 2 aromatic carbocycles. The standard InChI is InChI=1S/C15H12N4O/c20-15(12-9-5-2-6-10-12)16-14-13(17-19-18-14)11-7-3-1-4-8-11/h1-10H,(H2,16,17,18,19,20). The summed E-state index contributed by atoms with van der Waals surface area (Å²) in [6.07, 6.45) is 0. The number of nitrogens with one attached hydrogen (secondary N) is 2. The van der Waals surface area contributed by atoms with Crippen LogP contribution in [0.25, 0.3) is 11.3 Å². The summed E-state index contributed by atoms with van der Waals surface area (Å²) in [5.41, 5.74) is 2.09. The van der Waals surface area contributed by atoms with E-state index < -0.39 is 0 Å². The molecule has 0 aliphatic heterocycles. The molecule has 1 heterocycles. The first kappa shape index (κ1) is 12.1. The SMILES string of the molecule is O=C(Nc1n[nH]nc1-c1ccccc1)c1ccccc1. The van der Waals surface area contributed by atoms with Crippen molar-refractivity contribution in [3.05, 3.63) is 66.2 Å². The van der Waals surface area contributed by atoms with Crippen molar-refractivity contribution in [1.29, 1.82) is 0 Å². The number of anilines is 1. The van der Waals surface area contributed by atoms with Crippen LogP contribution in [0.3, 0.4) is 0 Å². The molecule has 0 saturated carbocycles. The summed E-state index contributed by atoms with van der Waals surface area (Å²) < 4.78 is 0. The molecule has 0 saturated heterocycles. The monoisotopic (exact) mass is 264 g/mol. The van der Waals surface area contributed by atoms with Crippen molar-refractivity contribution in [2.24, 2.45) is 0 Å². The topological polar surface area (TPSA) is 70.7 Å². The molecule has 0 atom stereocenters. The van der Waals surface area contributed by atoms with Gasteiger partial charge in [0, 0.05) is 11.1 Å². The molecule has 0 bridgehead atoms. The van der Waals surface area contributed by atoms with Crippen LogP contribution in [-0.2, 0) is 0 Å². The number of rotatable bonds is 3. The van der Waals surface area contributed by atoms with Crippen LogP contribution in [0.15, 0.2) is 60.7 Å². The van der Waals surface area contributed by atoms with Crippen molar-refractivity contribution in [1.82, 2.24) is 15.4 Å². The summed E-state index contributed by atoms with van der Waals surface area (Å²) in [5, 5.41) is 13.4. The Bertz CT molecular complexity index is 707. The van der Waals surface area contributed by atoms with Crippen LogP contribution in [0.5, 0.6) is 0 Å². The first-order chi connectivity index (χ1) is 9.84. The minimum Gasteiger partial charge on any atom is -0.303 e. The molecule has 0 aliphatic rings. The Labute approximate surface area is 115 Å². The van der Waals surface area contributed by atoms with Gasteiger partial charge in [0.05, 0.1) is 0 Å². The molecule has 0 fully saturated rings. The maximum absolute atomic E-state index is 12.1. The highest BCUT2D eigenvalue weighted by molar-refractivity contribution is 6.05. The molecular formula is C15H12N4O. The quantitative estimate of drug-likeness (QED) is 0.764. The Hall–Kier alpha value is -2.95. The molecule has 3 rings (SSSR count). The van der Waals surface area contributed by atoms with Gasteiger partial charge in [0.15, 0.2) is 5.82 Å². The summed E-state index contributed by atoms with van der Waals surface area (Å²) in [6.45, 7) is 0. The van der Waals surface area contributed by atoms with Crippen LogP contribution in [0.4, 0.5) is 5.82 Å². The molecule has 20 heavy (non-hydrogen) atoms. The Kier molecular flexibility index (Phi) is 3.24. The molecule has 3 aromatic rings. The fourth-order valence-electron chi connectivity index (χ4n) is 1.88. The van der Waals surface area contributed by atoms with Crippen molar-refractivity contribution >= 4 is 11.7 Å². The third kappa shape index (κ3) is 2.42. The van der Waals surface area contributed by atoms with Gasteiger partial charge in [0.2, 0.25) is 0 Å². The van der Waals surface area contributed by atoms with Crippen LogP contribution >= 0.6 is 0 Å². The van der Waals surface area contributed by atoms with E-state index >= 15 is 0 Å². The van der Waals surface area contributed by atoms with Gasteiger partial charge in [0.25, 0.3) is 5.91 Å². The highest BCUT2D eigenvalue weighted by atomic mass is 16.1. The maximum atomic E-state index is 12.1.